The zero-order chi connectivity index (χ0) is 13.7. The topological polar surface area (TPSA) is 42.7 Å². The second-order valence-electron chi connectivity index (χ2n) is 5.77. The zero-order valence-electron chi connectivity index (χ0n) is 12.4. The molecule has 1 N–H and O–H groups in total. The van der Waals surface area contributed by atoms with E-state index < -0.39 is 0 Å². The van der Waals surface area contributed by atoms with E-state index in [0.29, 0.717) is 10.8 Å². The number of hydrogen-bond donors (Lipinski definition) is 1. The van der Waals surface area contributed by atoms with Crippen molar-refractivity contribution in [3.8, 4) is 0 Å². The molecule has 4 nitrogen and oxygen atoms in total. The van der Waals surface area contributed by atoms with Crippen LogP contribution in [0.15, 0.2) is 6.33 Å². The van der Waals surface area contributed by atoms with E-state index in [9.17, 15) is 0 Å². The summed E-state index contributed by atoms with van der Waals surface area (Å²) in [6, 6.07) is 0.378. The Morgan fingerprint density at radius 3 is 2.74 bits per heavy atom. The molecule has 108 valence electrons. The van der Waals surface area contributed by atoms with Crippen molar-refractivity contribution in [3.63, 3.8) is 0 Å². The van der Waals surface area contributed by atoms with Crippen LogP contribution in [-0.2, 0) is 6.54 Å². The van der Waals surface area contributed by atoms with Gasteiger partial charge < -0.3 is 5.32 Å². The van der Waals surface area contributed by atoms with E-state index in [2.05, 4.69) is 35.5 Å². The Morgan fingerprint density at radius 1 is 1.37 bits per heavy atom. The Morgan fingerprint density at radius 2 is 2.11 bits per heavy atom. The molecule has 1 aromatic rings. The van der Waals surface area contributed by atoms with Crippen molar-refractivity contribution in [1.29, 1.82) is 0 Å². The lowest BCUT2D eigenvalue weighted by atomic mass is 9.88. The lowest BCUT2D eigenvalue weighted by Crippen LogP contribution is -2.39. The van der Waals surface area contributed by atoms with Crippen molar-refractivity contribution in [2.45, 2.75) is 63.3 Å². The minimum Gasteiger partial charge on any atom is -0.308 e. The number of nitrogens with zero attached hydrogens (tertiary/aromatic N) is 3. The Labute approximate surface area is 120 Å². The summed E-state index contributed by atoms with van der Waals surface area (Å²) in [6.07, 6.45) is 10.8. The molecule has 1 aliphatic rings. The molecule has 0 amide bonds. The summed E-state index contributed by atoms with van der Waals surface area (Å²) < 4.78 is 2.45. The molecule has 0 unspecified atom stereocenters. The van der Waals surface area contributed by atoms with Gasteiger partial charge in [-0.2, -0.15) is 16.9 Å². The maximum atomic E-state index is 4.35. The summed E-state index contributed by atoms with van der Waals surface area (Å²) in [4.78, 5) is 4.35. The van der Waals surface area contributed by atoms with Crippen molar-refractivity contribution in [1.82, 2.24) is 20.1 Å². The maximum Gasteiger partial charge on any atom is 0.141 e. The van der Waals surface area contributed by atoms with Gasteiger partial charge in [0.25, 0.3) is 0 Å². The van der Waals surface area contributed by atoms with E-state index in [1.165, 1.54) is 32.1 Å². The summed E-state index contributed by atoms with van der Waals surface area (Å²) in [5, 5.41) is 7.88. The first-order chi connectivity index (χ1) is 9.17. The lowest BCUT2D eigenvalue weighted by molar-refractivity contribution is 0.375. The largest absolute Gasteiger partial charge is 0.308 e. The number of aromatic nitrogens is 3. The highest BCUT2D eigenvalue weighted by molar-refractivity contribution is 8.00. The first-order valence-electron chi connectivity index (χ1n) is 7.31. The van der Waals surface area contributed by atoms with Crippen LogP contribution in [0.5, 0.6) is 0 Å². The number of hydrogen-bond acceptors (Lipinski definition) is 4. The SMILES string of the molecule is CSC1(CNCc2ncnn2C(C)C)CCCCC1. The highest BCUT2D eigenvalue weighted by atomic mass is 32.2. The molecular weight excluding hydrogens is 256 g/mol. The molecule has 0 spiro atoms. The van der Waals surface area contributed by atoms with Gasteiger partial charge in [-0.15, -0.1) is 0 Å². The van der Waals surface area contributed by atoms with Crippen LogP contribution in [0.2, 0.25) is 0 Å². The van der Waals surface area contributed by atoms with Gasteiger partial charge in [-0.25, -0.2) is 9.67 Å². The van der Waals surface area contributed by atoms with E-state index in [1.807, 2.05) is 16.4 Å². The van der Waals surface area contributed by atoms with Crippen LogP contribution in [0.3, 0.4) is 0 Å². The van der Waals surface area contributed by atoms with Gasteiger partial charge in [0.2, 0.25) is 0 Å². The van der Waals surface area contributed by atoms with Gasteiger partial charge in [-0.1, -0.05) is 19.3 Å². The van der Waals surface area contributed by atoms with Gasteiger partial charge >= 0.3 is 0 Å². The highest BCUT2D eigenvalue weighted by Gasteiger charge is 2.30. The molecule has 1 heterocycles. The van der Waals surface area contributed by atoms with E-state index in [-0.39, 0.29) is 0 Å². The number of nitrogens with one attached hydrogen (secondary N) is 1. The predicted molar refractivity (Wildman–Crippen MR) is 81.4 cm³/mol. The van der Waals surface area contributed by atoms with Gasteiger partial charge in [-0.3, -0.25) is 0 Å². The second-order valence-corrected chi connectivity index (χ2v) is 7.04. The molecule has 0 bridgehead atoms. The molecule has 1 aliphatic carbocycles. The molecule has 0 aromatic carbocycles. The van der Waals surface area contributed by atoms with Crippen LogP contribution in [-0.4, -0.2) is 32.3 Å². The monoisotopic (exact) mass is 282 g/mol. The lowest BCUT2D eigenvalue weighted by Gasteiger charge is -2.36. The zero-order valence-corrected chi connectivity index (χ0v) is 13.2. The van der Waals surface area contributed by atoms with E-state index >= 15 is 0 Å². The van der Waals surface area contributed by atoms with E-state index in [0.717, 1.165) is 18.9 Å². The molecule has 2 rings (SSSR count). The fourth-order valence-corrected chi connectivity index (χ4v) is 3.83. The van der Waals surface area contributed by atoms with Crippen LogP contribution < -0.4 is 5.32 Å². The first-order valence-corrected chi connectivity index (χ1v) is 8.53. The number of rotatable bonds is 6. The average Bonchev–Trinajstić information content (AvgIpc) is 2.88. The molecule has 0 aliphatic heterocycles. The van der Waals surface area contributed by atoms with Crippen LogP contribution in [0.1, 0.15) is 57.8 Å². The van der Waals surface area contributed by atoms with Gasteiger partial charge in [0.05, 0.1) is 6.54 Å². The number of thioether (sulfide) groups is 1. The molecule has 1 saturated carbocycles. The minimum absolute atomic E-state index is 0.378. The van der Waals surface area contributed by atoms with Crippen LogP contribution >= 0.6 is 11.8 Å². The van der Waals surface area contributed by atoms with Crippen molar-refractivity contribution in [2.75, 3.05) is 12.8 Å². The van der Waals surface area contributed by atoms with Gasteiger partial charge in [0.1, 0.15) is 12.2 Å². The molecular formula is C14H26N4S. The molecule has 0 saturated heterocycles. The van der Waals surface area contributed by atoms with Crippen LogP contribution in [0.4, 0.5) is 0 Å². The van der Waals surface area contributed by atoms with Crippen molar-refractivity contribution in [2.24, 2.45) is 0 Å². The Kier molecular flexibility index (Phi) is 5.28. The standard InChI is InChI=1S/C14H26N4S/c1-12(2)18-13(16-11-17-18)9-15-10-14(19-3)7-5-4-6-8-14/h11-12,15H,4-10H2,1-3H3. The Balaban J connectivity index is 1.86. The average molecular weight is 282 g/mol. The van der Waals surface area contributed by atoms with Crippen molar-refractivity contribution in [3.05, 3.63) is 12.2 Å². The van der Waals surface area contributed by atoms with Gasteiger partial charge in [0.15, 0.2) is 0 Å². The summed E-state index contributed by atoms with van der Waals surface area (Å²) in [5.74, 6) is 1.04. The summed E-state index contributed by atoms with van der Waals surface area (Å²) in [7, 11) is 0. The third-order valence-electron chi connectivity index (χ3n) is 4.06. The minimum atomic E-state index is 0.378. The van der Waals surface area contributed by atoms with Crippen molar-refractivity contribution >= 4 is 11.8 Å². The first kappa shape index (κ1) is 14.9. The molecule has 0 atom stereocenters. The third kappa shape index (κ3) is 3.72. The van der Waals surface area contributed by atoms with E-state index in [4.69, 9.17) is 0 Å². The Hall–Kier alpha value is -0.550. The van der Waals surface area contributed by atoms with Gasteiger partial charge in [0, 0.05) is 17.3 Å². The molecule has 1 fully saturated rings. The van der Waals surface area contributed by atoms with Crippen LogP contribution in [0.25, 0.3) is 0 Å². The highest BCUT2D eigenvalue weighted by Crippen LogP contribution is 2.37. The molecule has 1 aromatic heterocycles. The van der Waals surface area contributed by atoms with Gasteiger partial charge in [-0.05, 0) is 32.9 Å². The van der Waals surface area contributed by atoms with Crippen molar-refractivity contribution < 1.29 is 0 Å². The summed E-state index contributed by atoms with van der Waals surface area (Å²) in [5.41, 5.74) is 0. The smallest absolute Gasteiger partial charge is 0.141 e. The predicted octanol–water partition coefficient (Wildman–Crippen LogP) is 3.01. The molecule has 0 radical (unpaired) electrons. The van der Waals surface area contributed by atoms with E-state index in [1.54, 1.807) is 6.33 Å². The third-order valence-corrected chi connectivity index (χ3v) is 5.48. The quantitative estimate of drug-likeness (QED) is 0.871. The summed E-state index contributed by atoms with van der Waals surface area (Å²) >= 11 is 2.04. The molecule has 5 heteroatoms. The fraction of sp³-hybridized carbons (Fsp3) is 0.857. The second kappa shape index (κ2) is 6.75. The normalized spacial score (nSPS) is 18.9. The fourth-order valence-electron chi connectivity index (χ4n) is 2.88. The Bertz CT molecular complexity index is 383. The summed E-state index contributed by atoms with van der Waals surface area (Å²) in [6.45, 7) is 6.19. The van der Waals surface area contributed by atoms with Crippen LogP contribution in [0, 0.1) is 0 Å². The molecule has 19 heavy (non-hydrogen) atoms. The maximum absolute atomic E-state index is 4.35.